The first-order valence-electron chi connectivity index (χ1n) is 0.400. The van der Waals surface area contributed by atoms with E-state index in [2.05, 4.69) is 0 Å². The fourth-order valence-corrected chi connectivity index (χ4v) is 0. The second kappa shape index (κ2) is 15.0. The zero-order chi connectivity index (χ0) is 2.71. The Bertz CT molecular complexity index is 13.5. The van der Waals surface area contributed by atoms with Gasteiger partial charge in [0.15, 0.2) is 0 Å². The lowest BCUT2D eigenvalue weighted by Gasteiger charge is -1.36. The molecule has 0 atom stereocenters. The SMILES string of the molecule is S.[N]=NO. The van der Waals surface area contributed by atoms with Crippen molar-refractivity contribution in [2.24, 2.45) is 5.28 Å². The molecule has 0 unspecified atom stereocenters. The van der Waals surface area contributed by atoms with Gasteiger partial charge in [0, 0.05) is 10.8 Å². The third-order valence-corrected chi connectivity index (χ3v) is 0. The highest BCUT2D eigenvalue weighted by molar-refractivity contribution is 7.59. The lowest BCUT2D eigenvalue weighted by Crippen LogP contribution is -1.34. The molecule has 4 heteroatoms. The van der Waals surface area contributed by atoms with Gasteiger partial charge in [-0.3, -0.25) is 0 Å². The van der Waals surface area contributed by atoms with Crippen molar-refractivity contribution in [3.63, 3.8) is 0 Å². The molecular weight excluding hydrogens is 76.1 g/mol. The molecule has 0 aliphatic heterocycles. The Labute approximate surface area is 30.6 Å². The summed E-state index contributed by atoms with van der Waals surface area (Å²) >= 11 is 0. The molecule has 0 bridgehead atoms. The summed E-state index contributed by atoms with van der Waals surface area (Å²) in [5.74, 6) is 0. The van der Waals surface area contributed by atoms with Gasteiger partial charge in [-0.05, 0) is 0 Å². The molecule has 0 saturated carbocycles. The van der Waals surface area contributed by atoms with E-state index in [0.717, 1.165) is 0 Å². The number of nitrogens with zero attached hydrogens (tertiary/aromatic N) is 2. The Morgan fingerprint density at radius 3 is 1.75 bits per heavy atom. The molecule has 3 nitrogen and oxygen atoms in total. The lowest BCUT2D eigenvalue weighted by molar-refractivity contribution is 0.289. The predicted molar refractivity (Wildman–Crippen MR) is 16.7 cm³/mol. The average molecular weight is 79.1 g/mol. The van der Waals surface area contributed by atoms with E-state index in [1.54, 1.807) is 0 Å². The maximum absolute atomic E-state index is 6.75. The van der Waals surface area contributed by atoms with Crippen LogP contribution in [0.4, 0.5) is 0 Å². The van der Waals surface area contributed by atoms with Crippen molar-refractivity contribution in [2.75, 3.05) is 0 Å². The standard InChI is InChI=1S/HN2O.H2S/c1-2-3;/h3H;1H2. The van der Waals surface area contributed by atoms with E-state index in [-0.39, 0.29) is 13.5 Å². The molecule has 1 N–H and O–H groups in total. The quantitative estimate of drug-likeness (QED) is 0.315. The third kappa shape index (κ3) is 15.7. The molecule has 0 spiro atoms. The molecule has 25 valence electrons. The molecule has 0 aromatic rings. The smallest absolute Gasteiger partial charge is 0.0467 e. The second-order valence-electron chi connectivity index (χ2n) is 0.0894. The number of rotatable bonds is 0. The Kier molecular flexibility index (Phi) is 34.7. The van der Waals surface area contributed by atoms with E-state index in [4.69, 9.17) is 10.7 Å². The van der Waals surface area contributed by atoms with Gasteiger partial charge in [0.1, 0.15) is 0 Å². The van der Waals surface area contributed by atoms with Crippen molar-refractivity contribution >= 4 is 13.5 Å². The Morgan fingerprint density at radius 2 is 1.75 bits per heavy atom. The molecule has 1 radical (unpaired) electrons. The second-order valence-corrected chi connectivity index (χ2v) is 0.0894. The first-order valence-corrected chi connectivity index (χ1v) is 0.400. The van der Waals surface area contributed by atoms with E-state index in [1.165, 1.54) is 5.28 Å². The minimum Gasteiger partial charge on any atom is -0.393 e. The first-order chi connectivity index (χ1) is 1.41. The average Bonchev–Trinajstić information content (AvgIpc) is 0.918. The van der Waals surface area contributed by atoms with Crippen molar-refractivity contribution in [3.8, 4) is 0 Å². The van der Waals surface area contributed by atoms with E-state index in [1.807, 2.05) is 0 Å². The highest BCUT2D eigenvalue weighted by Gasteiger charge is 1.14. The van der Waals surface area contributed by atoms with E-state index < -0.39 is 0 Å². The molecule has 0 aromatic carbocycles. The van der Waals surface area contributed by atoms with Crippen molar-refractivity contribution < 1.29 is 5.21 Å². The summed E-state index contributed by atoms with van der Waals surface area (Å²) in [4.78, 5) is 0. The molecule has 0 amide bonds. The van der Waals surface area contributed by atoms with Crippen LogP contribution in [0.1, 0.15) is 0 Å². The van der Waals surface area contributed by atoms with E-state index in [0.29, 0.717) is 0 Å². The van der Waals surface area contributed by atoms with Crippen molar-refractivity contribution in [1.29, 1.82) is 0 Å². The van der Waals surface area contributed by atoms with Crippen LogP contribution < -0.4 is 5.53 Å². The summed E-state index contributed by atoms with van der Waals surface area (Å²) in [5.41, 5.74) is 6.75. The van der Waals surface area contributed by atoms with Crippen LogP contribution in [-0.2, 0) is 0 Å². The Balaban J connectivity index is 0. The highest BCUT2D eigenvalue weighted by atomic mass is 32.1. The van der Waals surface area contributed by atoms with Crippen LogP contribution in [-0.4, -0.2) is 5.21 Å². The number of hydrogen-bond acceptors (Lipinski definition) is 1. The highest BCUT2D eigenvalue weighted by Crippen LogP contribution is 1.17. The normalized spacial score (nSPS) is 3.00. The minimum absolute atomic E-state index is 0. The van der Waals surface area contributed by atoms with Crippen LogP contribution in [0.2, 0.25) is 0 Å². The zero-order valence-electron chi connectivity index (χ0n) is 1.84. The fourth-order valence-electron chi connectivity index (χ4n) is 0. The van der Waals surface area contributed by atoms with Gasteiger partial charge in [0.2, 0.25) is 0 Å². The molecule has 4 heavy (non-hydrogen) atoms. The van der Waals surface area contributed by atoms with Crippen molar-refractivity contribution in [2.45, 2.75) is 0 Å². The summed E-state index contributed by atoms with van der Waals surface area (Å²) in [6.07, 6.45) is 0. The van der Waals surface area contributed by atoms with Crippen molar-refractivity contribution in [1.82, 2.24) is 5.53 Å². The van der Waals surface area contributed by atoms with Gasteiger partial charge in [-0.2, -0.15) is 13.5 Å². The van der Waals surface area contributed by atoms with Crippen LogP contribution >= 0.6 is 13.5 Å². The molecule has 0 aliphatic carbocycles. The molecule has 0 fully saturated rings. The first kappa shape index (κ1) is 9.26. The van der Waals surface area contributed by atoms with E-state index >= 15 is 0 Å². The van der Waals surface area contributed by atoms with Crippen LogP contribution in [0, 0.1) is 0 Å². The summed E-state index contributed by atoms with van der Waals surface area (Å²) in [6, 6.07) is 0. The Morgan fingerprint density at radius 1 is 1.75 bits per heavy atom. The van der Waals surface area contributed by atoms with E-state index in [9.17, 15) is 0 Å². The van der Waals surface area contributed by atoms with Gasteiger partial charge < -0.3 is 5.21 Å². The summed E-state index contributed by atoms with van der Waals surface area (Å²) in [7, 11) is 0. The van der Waals surface area contributed by atoms with Crippen molar-refractivity contribution in [3.05, 3.63) is 0 Å². The van der Waals surface area contributed by atoms with Gasteiger partial charge in [-0.15, -0.1) is 0 Å². The molecule has 0 heterocycles. The van der Waals surface area contributed by atoms with Crippen LogP contribution in [0.3, 0.4) is 0 Å². The molecule has 0 aliphatic rings. The van der Waals surface area contributed by atoms with Gasteiger partial charge in [0.05, 0.1) is 0 Å². The largest absolute Gasteiger partial charge is 0.393 e. The molecule has 0 aromatic heterocycles. The monoisotopic (exact) mass is 79.0 g/mol. The van der Waals surface area contributed by atoms with Gasteiger partial charge in [-0.1, -0.05) is 0 Å². The topological polar surface area (TPSA) is 54.9 Å². The molecule has 0 rings (SSSR count). The van der Waals surface area contributed by atoms with Crippen LogP contribution in [0.15, 0.2) is 5.28 Å². The summed E-state index contributed by atoms with van der Waals surface area (Å²) in [6.45, 7) is 0. The van der Waals surface area contributed by atoms with Gasteiger partial charge in [-0.25, -0.2) is 0 Å². The minimum atomic E-state index is 0. The maximum atomic E-state index is 6.75. The summed E-state index contributed by atoms with van der Waals surface area (Å²) < 4.78 is 0. The van der Waals surface area contributed by atoms with Crippen LogP contribution in [0.5, 0.6) is 0 Å². The summed E-state index contributed by atoms with van der Waals surface area (Å²) in [5, 5.41) is 8.25. The fraction of sp³-hybridized carbons (Fsp3) is 0. The van der Waals surface area contributed by atoms with Crippen LogP contribution in [0.25, 0.3) is 0 Å². The van der Waals surface area contributed by atoms with Gasteiger partial charge in [0.25, 0.3) is 0 Å². The van der Waals surface area contributed by atoms with Gasteiger partial charge >= 0.3 is 0 Å². The number of hydrogen-bond donors (Lipinski definition) is 1. The molecule has 0 saturated heterocycles. The maximum Gasteiger partial charge on any atom is 0.0467 e. The zero-order valence-corrected chi connectivity index (χ0v) is 2.84. The lowest BCUT2D eigenvalue weighted by atomic mass is 13.1. The third-order valence-electron chi connectivity index (χ3n) is 0. The predicted octanol–water partition coefficient (Wildman–Crippen LogP) is -0.259. The molecular formula is H3N2OS. The Hall–Kier alpha value is -0.250.